The fourth-order valence-corrected chi connectivity index (χ4v) is 5.52. The maximum absolute atomic E-state index is 12.1. The molecule has 1 heterocycles. The van der Waals surface area contributed by atoms with Crippen molar-refractivity contribution in [2.75, 3.05) is 30.3 Å². The summed E-state index contributed by atoms with van der Waals surface area (Å²) < 4.78 is 24.3. The summed E-state index contributed by atoms with van der Waals surface area (Å²) in [6.07, 6.45) is 2.79. The van der Waals surface area contributed by atoms with E-state index < -0.39 is 9.84 Å². The van der Waals surface area contributed by atoms with Gasteiger partial charge in [-0.15, -0.1) is 0 Å². The molecule has 0 amide bonds. The van der Waals surface area contributed by atoms with Crippen molar-refractivity contribution in [1.82, 2.24) is 4.90 Å². The summed E-state index contributed by atoms with van der Waals surface area (Å²) in [7, 11) is -3.00. The summed E-state index contributed by atoms with van der Waals surface area (Å²) in [5.74, 6) is 2.14. The summed E-state index contributed by atoms with van der Waals surface area (Å²) in [6.45, 7) is 7.36. The first-order valence-electron chi connectivity index (χ1n) is 7.58. The van der Waals surface area contributed by atoms with Gasteiger partial charge in [-0.2, -0.15) is 11.8 Å². The molecule has 0 radical (unpaired) electrons. The average Bonchev–Trinajstić information content (AvgIpc) is 2.44. The maximum atomic E-state index is 12.1. The molecule has 1 aliphatic rings. The number of thioether (sulfide) groups is 1. The molecule has 124 valence electrons. The highest BCUT2D eigenvalue weighted by Gasteiger charge is 2.32. The molecule has 1 fully saturated rings. The van der Waals surface area contributed by atoms with E-state index in [1.54, 1.807) is 18.7 Å². The number of amidine groups is 1. The number of hydrogen-bond acceptors (Lipinski definition) is 5. The van der Waals surface area contributed by atoms with Crippen LogP contribution in [-0.4, -0.2) is 54.9 Å². The van der Waals surface area contributed by atoms with E-state index in [2.05, 4.69) is 4.90 Å². The van der Waals surface area contributed by atoms with Gasteiger partial charge in [0.15, 0.2) is 9.84 Å². The molecule has 0 aromatic rings. The molecular weight excluding hydrogens is 306 g/mol. The second-order valence-electron chi connectivity index (χ2n) is 6.27. The van der Waals surface area contributed by atoms with Gasteiger partial charge < -0.3 is 5.73 Å². The quantitative estimate of drug-likeness (QED) is 0.402. The second-order valence-corrected chi connectivity index (χ2v) is 9.87. The first-order valence-corrected chi connectivity index (χ1v) is 10.5. The Hall–Kier alpha value is -0.270. The zero-order chi connectivity index (χ0) is 16.1. The molecule has 7 heteroatoms. The molecule has 0 bridgehead atoms. The highest BCUT2D eigenvalue weighted by Crippen LogP contribution is 2.25. The van der Waals surface area contributed by atoms with Crippen LogP contribution in [0, 0.1) is 10.8 Å². The van der Waals surface area contributed by atoms with Crippen molar-refractivity contribution in [2.24, 2.45) is 11.1 Å². The summed E-state index contributed by atoms with van der Waals surface area (Å²) >= 11 is 1.73. The monoisotopic (exact) mass is 335 g/mol. The van der Waals surface area contributed by atoms with Crippen molar-refractivity contribution in [2.45, 2.75) is 45.4 Å². The Morgan fingerprint density at radius 3 is 2.67 bits per heavy atom. The normalized spacial score (nSPS) is 21.4. The van der Waals surface area contributed by atoms with Gasteiger partial charge >= 0.3 is 0 Å². The summed E-state index contributed by atoms with van der Waals surface area (Å²) in [5.41, 5.74) is 5.33. The Bertz CT molecular complexity index is 449. The van der Waals surface area contributed by atoms with E-state index in [0.29, 0.717) is 5.75 Å². The molecule has 1 unspecified atom stereocenters. The predicted molar refractivity (Wildman–Crippen MR) is 91.7 cm³/mol. The Morgan fingerprint density at radius 2 is 2.10 bits per heavy atom. The third-order valence-electron chi connectivity index (χ3n) is 4.23. The van der Waals surface area contributed by atoms with E-state index >= 15 is 0 Å². The fraction of sp³-hybridized carbons (Fsp3) is 0.929. The summed E-state index contributed by atoms with van der Waals surface area (Å²) in [6, 6.07) is 0. The molecule has 5 nitrogen and oxygen atoms in total. The lowest BCUT2D eigenvalue weighted by Crippen LogP contribution is -2.48. The standard InChI is InChI=1S/C14H29N3O2S2/c1-4-21(18,19)12-11-20-10-9-17(12)8-6-5-7-14(2,3)13(15)16/h12H,4-11H2,1-3H3,(H3,15,16). The van der Waals surface area contributed by atoms with Crippen LogP contribution < -0.4 is 5.73 Å². The van der Waals surface area contributed by atoms with Crippen LogP contribution in [0.2, 0.25) is 0 Å². The van der Waals surface area contributed by atoms with Gasteiger partial charge in [0.05, 0.1) is 5.84 Å². The van der Waals surface area contributed by atoms with Crippen LogP contribution in [0.15, 0.2) is 0 Å². The van der Waals surface area contributed by atoms with Crippen molar-refractivity contribution < 1.29 is 8.42 Å². The molecule has 0 aliphatic carbocycles. The third-order valence-corrected chi connectivity index (χ3v) is 7.57. The lowest BCUT2D eigenvalue weighted by molar-refractivity contribution is 0.259. The molecule has 1 aliphatic heterocycles. The van der Waals surface area contributed by atoms with Gasteiger partial charge in [-0.05, 0) is 19.4 Å². The zero-order valence-corrected chi connectivity index (χ0v) is 15.0. The zero-order valence-electron chi connectivity index (χ0n) is 13.4. The number of nitrogens with one attached hydrogen (secondary N) is 1. The predicted octanol–water partition coefficient (Wildman–Crippen LogP) is 1.93. The molecule has 1 atom stereocenters. The van der Waals surface area contributed by atoms with Crippen molar-refractivity contribution in [1.29, 1.82) is 5.41 Å². The Kier molecular flexibility index (Phi) is 7.00. The van der Waals surface area contributed by atoms with Gasteiger partial charge in [-0.3, -0.25) is 10.3 Å². The Balaban J connectivity index is 2.47. The molecule has 1 rings (SSSR count). The van der Waals surface area contributed by atoms with Gasteiger partial charge in [0, 0.05) is 29.2 Å². The molecule has 0 aromatic carbocycles. The van der Waals surface area contributed by atoms with Crippen LogP contribution in [0.5, 0.6) is 0 Å². The third kappa shape index (κ3) is 5.45. The minimum Gasteiger partial charge on any atom is -0.387 e. The van der Waals surface area contributed by atoms with Crippen molar-refractivity contribution in [3.05, 3.63) is 0 Å². The number of rotatable bonds is 8. The van der Waals surface area contributed by atoms with Gasteiger partial charge in [-0.25, -0.2) is 8.42 Å². The minimum atomic E-state index is -3.00. The first kappa shape index (κ1) is 18.8. The SMILES string of the molecule is CCS(=O)(=O)C1CSCCN1CCCCC(C)(C)C(=N)N. The molecule has 0 spiro atoms. The largest absolute Gasteiger partial charge is 0.387 e. The Morgan fingerprint density at radius 1 is 1.43 bits per heavy atom. The number of sulfone groups is 1. The smallest absolute Gasteiger partial charge is 0.166 e. The van der Waals surface area contributed by atoms with E-state index in [1.165, 1.54) is 0 Å². The second kappa shape index (κ2) is 7.83. The number of nitrogens with two attached hydrogens (primary N) is 1. The average molecular weight is 336 g/mol. The van der Waals surface area contributed by atoms with Crippen LogP contribution in [-0.2, 0) is 9.84 Å². The highest BCUT2D eigenvalue weighted by atomic mass is 32.2. The van der Waals surface area contributed by atoms with E-state index in [1.807, 2.05) is 13.8 Å². The maximum Gasteiger partial charge on any atom is 0.166 e. The molecule has 0 aromatic heterocycles. The van der Waals surface area contributed by atoms with Gasteiger partial charge in [0.25, 0.3) is 0 Å². The lowest BCUT2D eigenvalue weighted by Gasteiger charge is -2.34. The van der Waals surface area contributed by atoms with Gasteiger partial charge in [0.1, 0.15) is 5.37 Å². The number of unbranched alkanes of at least 4 members (excludes halogenated alkanes) is 1. The van der Waals surface area contributed by atoms with E-state index in [-0.39, 0.29) is 22.4 Å². The van der Waals surface area contributed by atoms with Crippen LogP contribution in [0.3, 0.4) is 0 Å². The fourth-order valence-electron chi connectivity index (χ4n) is 2.41. The van der Waals surface area contributed by atoms with Crippen molar-refractivity contribution in [3.63, 3.8) is 0 Å². The van der Waals surface area contributed by atoms with Crippen LogP contribution in [0.25, 0.3) is 0 Å². The van der Waals surface area contributed by atoms with Crippen molar-refractivity contribution >= 4 is 27.4 Å². The number of hydrogen-bond donors (Lipinski definition) is 2. The molecular formula is C14H29N3O2S2. The van der Waals surface area contributed by atoms with Crippen LogP contribution in [0.1, 0.15) is 40.0 Å². The highest BCUT2D eigenvalue weighted by molar-refractivity contribution is 8.01. The minimum absolute atomic E-state index is 0.214. The first-order chi connectivity index (χ1) is 9.70. The molecule has 3 N–H and O–H groups in total. The van der Waals surface area contributed by atoms with Gasteiger partial charge in [0.2, 0.25) is 0 Å². The van der Waals surface area contributed by atoms with E-state index in [9.17, 15) is 8.42 Å². The van der Waals surface area contributed by atoms with Crippen LogP contribution in [0.4, 0.5) is 0 Å². The summed E-state index contributed by atoms with van der Waals surface area (Å²) in [4.78, 5) is 2.12. The Labute approximate surface area is 133 Å². The molecule has 0 saturated carbocycles. The molecule has 21 heavy (non-hydrogen) atoms. The lowest BCUT2D eigenvalue weighted by atomic mass is 9.86. The topological polar surface area (TPSA) is 87.2 Å². The van der Waals surface area contributed by atoms with Gasteiger partial charge in [-0.1, -0.05) is 27.2 Å². The molecule has 1 saturated heterocycles. The van der Waals surface area contributed by atoms with Crippen molar-refractivity contribution in [3.8, 4) is 0 Å². The summed E-state index contributed by atoms with van der Waals surface area (Å²) in [5, 5.41) is 7.24. The number of nitrogens with zero attached hydrogens (tertiary/aromatic N) is 1. The van der Waals surface area contributed by atoms with Crippen LogP contribution >= 0.6 is 11.8 Å². The van der Waals surface area contributed by atoms with E-state index in [4.69, 9.17) is 11.1 Å². The van der Waals surface area contributed by atoms with E-state index in [0.717, 1.165) is 38.1 Å².